The second-order valence-corrected chi connectivity index (χ2v) is 5.90. The van der Waals surface area contributed by atoms with Crippen LogP contribution in [0.15, 0.2) is 34.9 Å². The van der Waals surface area contributed by atoms with Gasteiger partial charge in [-0.1, -0.05) is 28.1 Å². The Morgan fingerprint density at radius 3 is 2.81 bits per heavy atom. The van der Waals surface area contributed by atoms with Crippen LogP contribution in [-0.4, -0.2) is 23.6 Å². The Morgan fingerprint density at radius 2 is 2.14 bits per heavy atom. The summed E-state index contributed by atoms with van der Waals surface area (Å²) >= 11 is 3.52. The van der Waals surface area contributed by atoms with E-state index in [1.54, 1.807) is 6.20 Å². The number of carbonyl (C=O) groups is 1. The number of benzene rings is 1. The van der Waals surface area contributed by atoms with Gasteiger partial charge in [0.2, 0.25) is 0 Å². The third-order valence-electron chi connectivity index (χ3n) is 3.08. The molecule has 0 aliphatic rings. The molecule has 0 bridgehead atoms. The van der Waals surface area contributed by atoms with Gasteiger partial charge in [-0.25, -0.2) is 4.79 Å². The zero-order valence-electron chi connectivity index (χ0n) is 12.4. The fraction of sp³-hybridized carbons (Fsp3) is 0.375. The van der Waals surface area contributed by atoms with Gasteiger partial charge in [-0.15, -0.1) is 0 Å². The summed E-state index contributed by atoms with van der Waals surface area (Å²) in [5, 5.41) is 4.24. The lowest BCUT2D eigenvalue weighted by Crippen LogP contribution is -2.35. The van der Waals surface area contributed by atoms with Gasteiger partial charge in [-0.3, -0.25) is 10.3 Å². The fourth-order valence-corrected chi connectivity index (χ4v) is 2.69. The number of aromatic nitrogens is 1. The lowest BCUT2D eigenvalue weighted by molar-refractivity contribution is -0.146. The number of hydrogen-bond acceptors (Lipinski definition) is 4. The Labute approximate surface area is 133 Å². The van der Waals surface area contributed by atoms with Crippen molar-refractivity contribution in [1.29, 1.82) is 0 Å². The van der Waals surface area contributed by atoms with Crippen LogP contribution in [0.5, 0.6) is 0 Å². The van der Waals surface area contributed by atoms with Gasteiger partial charge < -0.3 is 4.74 Å². The minimum absolute atomic E-state index is 0.154. The van der Waals surface area contributed by atoms with Crippen molar-refractivity contribution < 1.29 is 9.53 Å². The molecule has 1 atom stereocenters. The maximum absolute atomic E-state index is 12.3. The topological polar surface area (TPSA) is 51.2 Å². The molecule has 1 heterocycles. The maximum Gasteiger partial charge on any atom is 0.327 e. The van der Waals surface area contributed by atoms with Crippen LogP contribution in [0.3, 0.4) is 0 Å². The highest BCUT2D eigenvalue weighted by Crippen LogP contribution is 2.29. The first-order valence-corrected chi connectivity index (χ1v) is 7.79. The zero-order chi connectivity index (χ0) is 15.4. The van der Waals surface area contributed by atoms with Gasteiger partial charge in [-0.05, 0) is 32.9 Å². The number of halogens is 1. The number of fused-ring (bicyclic) bond motifs is 1. The van der Waals surface area contributed by atoms with Crippen molar-refractivity contribution in [3.05, 3.63) is 40.5 Å². The molecule has 1 unspecified atom stereocenters. The van der Waals surface area contributed by atoms with Gasteiger partial charge in [0.1, 0.15) is 6.04 Å². The van der Waals surface area contributed by atoms with E-state index in [0.29, 0.717) is 6.61 Å². The van der Waals surface area contributed by atoms with Crippen LogP contribution in [0, 0.1) is 0 Å². The summed E-state index contributed by atoms with van der Waals surface area (Å²) in [4.78, 5) is 16.7. The molecule has 0 fully saturated rings. The lowest BCUT2D eigenvalue weighted by atomic mass is 10.0. The highest BCUT2D eigenvalue weighted by molar-refractivity contribution is 9.10. The number of nitrogens with one attached hydrogen (secondary N) is 1. The molecule has 0 amide bonds. The van der Waals surface area contributed by atoms with Crippen molar-refractivity contribution in [3.63, 3.8) is 0 Å². The summed E-state index contributed by atoms with van der Waals surface area (Å²) < 4.78 is 6.16. The second kappa shape index (κ2) is 7.00. The van der Waals surface area contributed by atoms with Gasteiger partial charge in [0.15, 0.2) is 0 Å². The zero-order valence-corrected chi connectivity index (χ0v) is 14.0. The molecule has 4 nitrogen and oxygen atoms in total. The van der Waals surface area contributed by atoms with Crippen molar-refractivity contribution in [2.45, 2.75) is 32.9 Å². The molecular formula is C16H19BrN2O2. The SMILES string of the molecule is CCOC(=O)C(NC(C)C)c1ccc(Br)c2cccnc12. The number of hydrogen-bond donors (Lipinski definition) is 1. The van der Waals surface area contributed by atoms with E-state index in [2.05, 4.69) is 26.2 Å². The molecule has 5 heteroatoms. The van der Waals surface area contributed by atoms with E-state index in [1.807, 2.05) is 45.0 Å². The van der Waals surface area contributed by atoms with Gasteiger partial charge in [0, 0.05) is 27.7 Å². The highest BCUT2D eigenvalue weighted by Gasteiger charge is 2.25. The summed E-state index contributed by atoms with van der Waals surface area (Å²) in [7, 11) is 0. The summed E-state index contributed by atoms with van der Waals surface area (Å²) in [6.45, 7) is 6.17. The third-order valence-corrected chi connectivity index (χ3v) is 3.77. The molecule has 1 aromatic carbocycles. The predicted octanol–water partition coefficient (Wildman–Crippen LogP) is 3.60. The van der Waals surface area contributed by atoms with Crippen LogP contribution in [0.1, 0.15) is 32.4 Å². The quantitative estimate of drug-likeness (QED) is 0.837. The molecule has 2 rings (SSSR count). The first-order chi connectivity index (χ1) is 10.0. The number of pyridine rings is 1. The molecule has 21 heavy (non-hydrogen) atoms. The van der Waals surface area contributed by atoms with E-state index < -0.39 is 6.04 Å². The van der Waals surface area contributed by atoms with E-state index in [9.17, 15) is 4.79 Å². The lowest BCUT2D eigenvalue weighted by Gasteiger charge is -2.21. The number of rotatable bonds is 5. The average Bonchev–Trinajstić information content (AvgIpc) is 2.46. The standard InChI is InChI=1S/C16H19BrN2O2/c1-4-21-16(20)15(19-10(2)3)12-7-8-13(17)11-6-5-9-18-14(11)12/h5-10,15,19H,4H2,1-3H3. The van der Waals surface area contributed by atoms with E-state index in [0.717, 1.165) is 20.9 Å². The Kier molecular flexibility index (Phi) is 5.31. The Hall–Kier alpha value is -1.46. The molecule has 1 aromatic heterocycles. The average molecular weight is 351 g/mol. The smallest absolute Gasteiger partial charge is 0.327 e. The molecule has 112 valence electrons. The van der Waals surface area contributed by atoms with Crippen LogP contribution in [0.4, 0.5) is 0 Å². The molecule has 0 aliphatic heterocycles. The molecule has 2 aromatic rings. The minimum Gasteiger partial charge on any atom is -0.465 e. The van der Waals surface area contributed by atoms with Gasteiger partial charge >= 0.3 is 5.97 Å². The summed E-state index contributed by atoms with van der Waals surface area (Å²) in [5.41, 5.74) is 1.64. The fourth-order valence-electron chi connectivity index (χ4n) is 2.24. The largest absolute Gasteiger partial charge is 0.465 e. The van der Waals surface area contributed by atoms with E-state index >= 15 is 0 Å². The van der Waals surface area contributed by atoms with Gasteiger partial charge in [-0.2, -0.15) is 0 Å². The van der Waals surface area contributed by atoms with Crippen LogP contribution in [0.25, 0.3) is 10.9 Å². The molecule has 0 saturated carbocycles. The minimum atomic E-state index is -0.518. The van der Waals surface area contributed by atoms with Crippen molar-refractivity contribution >= 4 is 32.8 Å². The maximum atomic E-state index is 12.3. The van der Waals surface area contributed by atoms with Gasteiger partial charge in [0.05, 0.1) is 12.1 Å². The number of carbonyl (C=O) groups excluding carboxylic acids is 1. The Balaban J connectivity index is 2.54. The predicted molar refractivity (Wildman–Crippen MR) is 87.1 cm³/mol. The number of ether oxygens (including phenoxy) is 1. The van der Waals surface area contributed by atoms with Crippen molar-refractivity contribution in [1.82, 2.24) is 10.3 Å². The van der Waals surface area contributed by atoms with Gasteiger partial charge in [0.25, 0.3) is 0 Å². The summed E-state index contributed by atoms with van der Waals surface area (Å²) in [5.74, 6) is -0.277. The van der Waals surface area contributed by atoms with E-state index in [4.69, 9.17) is 4.74 Å². The van der Waals surface area contributed by atoms with Crippen molar-refractivity contribution in [2.75, 3.05) is 6.61 Å². The monoisotopic (exact) mass is 350 g/mol. The van der Waals surface area contributed by atoms with Crippen LogP contribution < -0.4 is 5.32 Å². The normalized spacial score (nSPS) is 12.6. The highest BCUT2D eigenvalue weighted by atomic mass is 79.9. The summed E-state index contributed by atoms with van der Waals surface area (Å²) in [6.07, 6.45) is 1.73. The number of esters is 1. The molecule has 0 saturated heterocycles. The van der Waals surface area contributed by atoms with Crippen molar-refractivity contribution in [3.8, 4) is 0 Å². The number of nitrogens with zero attached hydrogens (tertiary/aromatic N) is 1. The van der Waals surface area contributed by atoms with E-state index in [-0.39, 0.29) is 12.0 Å². The van der Waals surface area contributed by atoms with Crippen molar-refractivity contribution in [2.24, 2.45) is 0 Å². The van der Waals surface area contributed by atoms with Crippen LogP contribution in [-0.2, 0) is 9.53 Å². The molecule has 0 spiro atoms. The van der Waals surface area contributed by atoms with Crippen LogP contribution >= 0.6 is 15.9 Å². The summed E-state index contributed by atoms with van der Waals surface area (Å²) in [6, 6.07) is 7.35. The van der Waals surface area contributed by atoms with E-state index in [1.165, 1.54) is 0 Å². The molecule has 0 aliphatic carbocycles. The Morgan fingerprint density at radius 1 is 1.38 bits per heavy atom. The third kappa shape index (κ3) is 3.60. The Bertz CT molecular complexity index is 643. The van der Waals surface area contributed by atoms with Crippen LogP contribution in [0.2, 0.25) is 0 Å². The second-order valence-electron chi connectivity index (χ2n) is 5.04. The molecular weight excluding hydrogens is 332 g/mol. The molecule has 1 N–H and O–H groups in total. The molecule has 0 radical (unpaired) electrons. The first kappa shape index (κ1) is 15.9. The first-order valence-electron chi connectivity index (χ1n) is 7.00.